The number of hydrogen-bond acceptors (Lipinski definition) is 3. The lowest BCUT2D eigenvalue weighted by Crippen LogP contribution is -2.29. The third-order valence-corrected chi connectivity index (χ3v) is 5.11. The third kappa shape index (κ3) is 4.70. The summed E-state index contributed by atoms with van der Waals surface area (Å²) in [7, 11) is 0. The van der Waals surface area contributed by atoms with E-state index in [0.717, 1.165) is 38.3 Å². The van der Waals surface area contributed by atoms with Gasteiger partial charge in [-0.05, 0) is 79.2 Å². The predicted octanol–water partition coefficient (Wildman–Crippen LogP) is 3.19. The fourth-order valence-electron chi connectivity index (χ4n) is 2.35. The maximum Gasteiger partial charge on any atom is 0.0701 e. The minimum atomic E-state index is -0.0327. The largest absolute Gasteiger partial charge is 0.393 e. The maximum absolute atomic E-state index is 9.43. The molecule has 1 aromatic heterocycles. The van der Waals surface area contributed by atoms with E-state index in [1.54, 1.807) is 0 Å². The molecule has 0 bridgehead atoms. The molecular formula is C13H20BrNOS. The van der Waals surface area contributed by atoms with Crippen LogP contribution in [0.3, 0.4) is 0 Å². The molecule has 96 valence electrons. The highest BCUT2D eigenvalue weighted by Crippen LogP contribution is 2.24. The fraction of sp³-hybridized carbons (Fsp3) is 0.692. The van der Waals surface area contributed by atoms with E-state index in [1.165, 1.54) is 21.5 Å². The molecule has 1 heterocycles. The van der Waals surface area contributed by atoms with E-state index in [-0.39, 0.29) is 6.10 Å². The molecule has 1 aliphatic rings. The Morgan fingerprint density at radius 1 is 1.29 bits per heavy atom. The second-order valence-corrected chi connectivity index (χ2v) is 7.38. The molecule has 1 aromatic rings. The van der Waals surface area contributed by atoms with Crippen molar-refractivity contribution in [2.45, 2.75) is 38.2 Å². The van der Waals surface area contributed by atoms with Gasteiger partial charge in [0.15, 0.2) is 0 Å². The molecule has 0 amide bonds. The Morgan fingerprint density at radius 2 is 2.06 bits per heavy atom. The van der Waals surface area contributed by atoms with Crippen molar-refractivity contribution in [3.63, 3.8) is 0 Å². The first-order valence-electron chi connectivity index (χ1n) is 6.37. The molecule has 0 spiro atoms. The van der Waals surface area contributed by atoms with Crippen molar-refractivity contribution >= 4 is 27.3 Å². The van der Waals surface area contributed by atoms with Gasteiger partial charge in [0, 0.05) is 4.88 Å². The van der Waals surface area contributed by atoms with E-state index in [1.807, 2.05) is 11.3 Å². The number of aliphatic hydroxyl groups is 1. The summed E-state index contributed by atoms with van der Waals surface area (Å²) >= 11 is 5.30. The lowest BCUT2D eigenvalue weighted by Gasteiger charge is -2.25. The van der Waals surface area contributed by atoms with Gasteiger partial charge in [-0.3, -0.25) is 0 Å². The van der Waals surface area contributed by atoms with Crippen LogP contribution in [0.25, 0.3) is 0 Å². The molecule has 2 N–H and O–H groups in total. The predicted molar refractivity (Wildman–Crippen MR) is 76.6 cm³/mol. The van der Waals surface area contributed by atoms with Crippen molar-refractivity contribution in [1.29, 1.82) is 0 Å². The third-order valence-electron chi connectivity index (χ3n) is 3.43. The Morgan fingerprint density at radius 3 is 2.71 bits per heavy atom. The van der Waals surface area contributed by atoms with Crippen LogP contribution in [0.1, 0.15) is 30.6 Å². The lowest BCUT2D eigenvalue weighted by atomic mass is 9.87. The first-order valence-corrected chi connectivity index (χ1v) is 7.98. The summed E-state index contributed by atoms with van der Waals surface area (Å²) in [6.07, 6.45) is 5.42. The molecule has 2 rings (SSSR count). The van der Waals surface area contributed by atoms with Gasteiger partial charge < -0.3 is 10.4 Å². The van der Waals surface area contributed by atoms with E-state index in [4.69, 9.17) is 0 Å². The van der Waals surface area contributed by atoms with Crippen molar-refractivity contribution in [1.82, 2.24) is 5.32 Å². The van der Waals surface area contributed by atoms with Crippen molar-refractivity contribution in [3.8, 4) is 0 Å². The van der Waals surface area contributed by atoms with Gasteiger partial charge in [0.1, 0.15) is 0 Å². The molecule has 1 aliphatic carbocycles. The van der Waals surface area contributed by atoms with Crippen LogP contribution in [0.5, 0.6) is 0 Å². The van der Waals surface area contributed by atoms with Crippen LogP contribution in [0.2, 0.25) is 0 Å². The quantitative estimate of drug-likeness (QED) is 0.817. The number of rotatable bonds is 5. The van der Waals surface area contributed by atoms with Crippen LogP contribution < -0.4 is 5.32 Å². The topological polar surface area (TPSA) is 32.3 Å². The molecule has 2 nitrogen and oxygen atoms in total. The number of thiophene rings is 1. The normalized spacial score (nSPS) is 25.1. The molecule has 0 aliphatic heterocycles. The van der Waals surface area contributed by atoms with Gasteiger partial charge in [-0.25, -0.2) is 0 Å². The SMILES string of the molecule is OC1CCC(CNCCc2ccc(Br)s2)CC1. The summed E-state index contributed by atoms with van der Waals surface area (Å²) in [5.41, 5.74) is 0. The van der Waals surface area contributed by atoms with E-state index in [0.29, 0.717) is 0 Å². The standard InChI is InChI=1S/C13H20BrNOS/c14-13-6-5-12(17-13)7-8-15-9-10-1-3-11(16)4-2-10/h5-6,10-11,15-16H,1-4,7-9H2. The van der Waals surface area contributed by atoms with Gasteiger partial charge in [-0.15, -0.1) is 11.3 Å². The van der Waals surface area contributed by atoms with Crippen LogP contribution in [-0.4, -0.2) is 24.3 Å². The second kappa shape index (κ2) is 6.88. The van der Waals surface area contributed by atoms with E-state index in [2.05, 4.69) is 33.4 Å². The van der Waals surface area contributed by atoms with Crippen LogP contribution in [-0.2, 0) is 6.42 Å². The zero-order valence-corrected chi connectivity index (χ0v) is 12.4. The Labute approximate surface area is 116 Å². The molecule has 1 saturated carbocycles. The smallest absolute Gasteiger partial charge is 0.0701 e. The van der Waals surface area contributed by atoms with Gasteiger partial charge in [-0.1, -0.05) is 0 Å². The van der Waals surface area contributed by atoms with Gasteiger partial charge >= 0.3 is 0 Å². The molecule has 1 fully saturated rings. The first-order chi connectivity index (χ1) is 8.24. The van der Waals surface area contributed by atoms with Gasteiger partial charge in [0.05, 0.1) is 9.89 Å². The average molecular weight is 318 g/mol. The Kier molecular flexibility index (Phi) is 5.48. The molecule has 0 unspecified atom stereocenters. The van der Waals surface area contributed by atoms with E-state index in [9.17, 15) is 5.11 Å². The summed E-state index contributed by atoms with van der Waals surface area (Å²) in [6, 6.07) is 4.30. The maximum atomic E-state index is 9.43. The van der Waals surface area contributed by atoms with Gasteiger partial charge in [0.2, 0.25) is 0 Å². The Bertz CT molecular complexity index is 334. The number of hydrogen-bond donors (Lipinski definition) is 2. The van der Waals surface area contributed by atoms with Gasteiger partial charge in [-0.2, -0.15) is 0 Å². The molecule has 0 radical (unpaired) electrons. The van der Waals surface area contributed by atoms with Crippen molar-refractivity contribution in [2.75, 3.05) is 13.1 Å². The summed E-state index contributed by atoms with van der Waals surface area (Å²) in [5, 5.41) is 13.0. The summed E-state index contributed by atoms with van der Waals surface area (Å²) < 4.78 is 1.22. The number of nitrogens with one attached hydrogen (secondary N) is 1. The van der Waals surface area contributed by atoms with Gasteiger partial charge in [0.25, 0.3) is 0 Å². The molecule has 0 atom stereocenters. The minimum Gasteiger partial charge on any atom is -0.393 e. The summed E-state index contributed by atoms with van der Waals surface area (Å²) in [5.74, 6) is 0.772. The zero-order chi connectivity index (χ0) is 12.1. The average Bonchev–Trinajstić information content (AvgIpc) is 2.73. The van der Waals surface area contributed by atoms with Crippen molar-refractivity contribution < 1.29 is 5.11 Å². The molecule has 0 aromatic carbocycles. The molecular weight excluding hydrogens is 298 g/mol. The molecule has 4 heteroatoms. The molecule has 0 saturated heterocycles. The van der Waals surface area contributed by atoms with Crippen molar-refractivity contribution in [3.05, 3.63) is 20.8 Å². The highest BCUT2D eigenvalue weighted by atomic mass is 79.9. The van der Waals surface area contributed by atoms with Crippen molar-refractivity contribution in [2.24, 2.45) is 5.92 Å². The Balaban J connectivity index is 1.57. The fourth-order valence-corrected chi connectivity index (χ4v) is 3.84. The minimum absolute atomic E-state index is 0.0327. The highest BCUT2D eigenvalue weighted by molar-refractivity contribution is 9.11. The van der Waals surface area contributed by atoms with Crippen LogP contribution in [0, 0.1) is 5.92 Å². The zero-order valence-electron chi connectivity index (χ0n) is 9.99. The summed E-state index contributed by atoms with van der Waals surface area (Å²) in [6.45, 7) is 2.17. The number of halogens is 1. The number of aliphatic hydroxyl groups excluding tert-OH is 1. The second-order valence-electron chi connectivity index (χ2n) is 4.83. The first kappa shape index (κ1) is 13.5. The van der Waals surface area contributed by atoms with Crippen LogP contribution >= 0.6 is 27.3 Å². The van der Waals surface area contributed by atoms with E-state index >= 15 is 0 Å². The molecule has 17 heavy (non-hydrogen) atoms. The van der Waals surface area contributed by atoms with Crippen LogP contribution in [0.15, 0.2) is 15.9 Å². The van der Waals surface area contributed by atoms with E-state index < -0.39 is 0 Å². The lowest BCUT2D eigenvalue weighted by molar-refractivity contribution is 0.108. The summed E-state index contributed by atoms with van der Waals surface area (Å²) in [4.78, 5) is 1.43. The Hall–Kier alpha value is 0.1000. The highest BCUT2D eigenvalue weighted by Gasteiger charge is 2.18. The monoisotopic (exact) mass is 317 g/mol. The van der Waals surface area contributed by atoms with Crippen LogP contribution in [0.4, 0.5) is 0 Å².